The number of anilines is 1. The molecule has 1 aromatic carbocycles. The Bertz CT molecular complexity index is 856. The molecule has 1 saturated heterocycles. The van der Waals surface area contributed by atoms with E-state index in [1.807, 2.05) is 35.1 Å². The molecule has 0 saturated carbocycles. The number of halogens is 1. The van der Waals surface area contributed by atoms with Crippen LogP contribution in [0, 0.1) is 0 Å². The van der Waals surface area contributed by atoms with E-state index in [4.69, 9.17) is 11.6 Å². The van der Waals surface area contributed by atoms with Crippen LogP contribution in [0.2, 0.25) is 5.02 Å². The maximum atomic E-state index is 6.04. The quantitative estimate of drug-likeness (QED) is 0.735. The Kier molecular flexibility index (Phi) is 4.81. The fourth-order valence-electron chi connectivity index (χ4n) is 3.24. The van der Waals surface area contributed by atoms with Crippen molar-refractivity contribution in [3.05, 3.63) is 47.4 Å². The van der Waals surface area contributed by atoms with Crippen molar-refractivity contribution < 1.29 is 0 Å². The molecule has 0 unspecified atom stereocenters. The van der Waals surface area contributed by atoms with E-state index in [0.717, 1.165) is 35.4 Å². The summed E-state index contributed by atoms with van der Waals surface area (Å²) < 4.78 is 1.93. The number of fused-ring (bicyclic) bond motifs is 1. The van der Waals surface area contributed by atoms with Crippen LogP contribution in [0.4, 0.5) is 5.69 Å². The third-order valence-electron chi connectivity index (χ3n) is 4.59. The van der Waals surface area contributed by atoms with E-state index in [1.165, 1.54) is 25.9 Å². The van der Waals surface area contributed by atoms with E-state index in [2.05, 4.69) is 25.5 Å². The molecule has 0 aliphatic carbocycles. The standard InChI is InChI=1S/C18H21ClN6/c19-14-3-4-16-17(5-6-20-18(16)11-14)21-12-15-13-25(23-22-15)10-9-24-7-1-2-8-24/h3-6,11,13H,1-2,7-10,12H2,(H,20,21). The van der Waals surface area contributed by atoms with Crippen LogP contribution in [-0.4, -0.2) is 44.5 Å². The van der Waals surface area contributed by atoms with Crippen LogP contribution in [0.15, 0.2) is 36.7 Å². The molecule has 6 nitrogen and oxygen atoms in total. The van der Waals surface area contributed by atoms with Crippen molar-refractivity contribution in [2.45, 2.75) is 25.9 Å². The van der Waals surface area contributed by atoms with Crippen LogP contribution in [0.3, 0.4) is 0 Å². The maximum Gasteiger partial charge on any atom is 0.102 e. The van der Waals surface area contributed by atoms with Gasteiger partial charge in [-0.25, -0.2) is 0 Å². The molecule has 7 heteroatoms. The predicted molar refractivity (Wildman–Crippen MR) is 99.8 cm³/mol. The molecule has 1 aliphatic heterocycles. The smallest absolute Gasteiger partial charge is 0.102 e. The zero-order valence-electron chi connectivity index (χ0n) is 14.0. The number of likely N-dealkylation sites (tertiary alicyclic amines) is 1. The van der Waals surface area contributed by atoms with Crippen LogP contribution >= 0.6 is 11.6 Å². The number of nitrogens with zero attached hydrogens (tertiary/aromatic N) is 5. The van der Waals surface area contributed by atoms with Crippen molar-refractivity contribution in [3.63, 3.8) is 0 Å². The average molecular weight is 357 g/mol. The molecule has 4 rings (SSSR count). The summed E-state index contributed by atoms with van der Waals surface area (Å²) >= 11 is 6.04. The summed E-state index contributed by atoms with van der Waals surface area (Å²) in [7, 11) is 0. The summed E-state index contributed by atoms with van der Waals surface area (Å²) in [4.78, 5) is 6.84. The summed E-state index contributed by atoms with van der Waals surface area (Å²) in [5.74, 6) is 0. The van der Waals surface area contributed by atoms with Crippen molar-refractivity contribution in [2.24, 2.45) is 0 Å². The van der Waals surface area contributed by atoms with Gasteiger partial charge in [0.05, 0.1) is 24.8 Å². The lowest BCUT2D eigenvalue weighted by Gasteiger charge is -2.13. The second-order valence-electron chi connectivity index (χ2n) is 6.40. The number of pyridine rings is 1. The Morgan fingerprint density at radius 1 is 1.12 bits per heavy atom. The van der Waals surface area contributed by atoms with Gasteiger partial charge >= 0.3 is 0 Å². The first-order valence-electron chi connectivity index (χ1n) is 8.67. The summed E-state index contributed by atoms with van der Waals surface area (Å²) in [5, 5.41) is 13.7. The highest BCUT2D eigenvalue weighted by Crippen LogP contribution is 2.24. The third-order valence-corrected chi connectivity index (χ3v) is 4.83. The molecule has 0 bridgehead atoms. The summed E-state index contributed by atoms with van der Waals surface area (Å²) in [6.45, 7) is 4.99. The molecular weight excluding hydrogens is 336 g/mol. The zero-order valence-corrected chi connectivity index (χ0v) is 14.8. The Labute approximate surface area is 151 Å². The van der Waals surface area contributed by atoms with Crippen molar-refractivity contribution >= 4 is 28.2 Å². The van der Waals surface area contributed by atoms with Gasteiger partial charge in [-0.1, -0.05) is 16.8 Å². The summed E-state index contributed by atoms with van der Waals surface area (Å²) in [5.41, 5.74) is 2.83. The predicted octanol–water partition coefficient (Wildman–Crippen LogP) is 3.19. The minimum Gasteiger partial charge on any atom is -0.379 e. The molecule has 0 spiro atoms. The number of benzene rings is 1. The number of aromatic nitrogens is 4. The highest BCUT2D eigenvalue weighted by Gasteiger charge is 2.11. The molecule has 2 aromatic heterocycles. The van der Waals surface area contributed by atoms with E-state index in [-0.39, 0.29) is 0 Å². The van der Waals surface area contributed by atoms with Gasteiger partial charge in [-0.3, -0.25) is 9.67 Å². The number of hydrogen-bond donors (Lipinski definition) is 1. The molecule has 0 amide bonds. The minimum atomic E-state index is 0.630. The third kappa shape index (κ3) is 3.91. The van der Waals surface area contributed by atoms with E-state index < -0.39 is 0 Å². The van der Waals surface area contributed by atoms with Gasteiger partial charge in [-0.05, 0) is 50.2 Å². The van der Waals surface area contributed by atoms with Gasteiger partial charge in [0, 0.05) is 28.8 Å². The minimum absolute atomic E-state index is 0.630. The first-order valence-corrected chi connectivity index (χ1v) is 9.05. The van der Waals surface area contributed by atoms with Gasteiger partial charge < -0.3 is 10.2 Å². The molecule has 130 valence electrons. The monoisotopic (exact) mass is 356 g/mol. The van der Waals surface area contributed by atoms with E-state index in [0.29, 0.717) is 11.6 Å². The molecule has 1 N–H and O–H groups in total. The molecule has 3 aromatic rings. The van der Waals surface area contributed by atoms with E-state index in [1.54, 1.807) is 6.20 Å². The Balaban J connectivity index is 1.38. The Morgan fingerprint density at radius 3 is 2.88 bits per heavy atom. The number of rotatable bonds is 6. The average Bonchev–Trinajstić information content (AvgIpc) is 3.29. The second-order valence-corrected chi connectivity index (χ2v) is 6.83. The van der Waals surface area contributed by atoms with Crippen LogP contribution in [0.25, 0.3) is 10.9 Å². The fourth-order valence-corrected chi connectivity index (χ4v) is 3.41. The second kappa shape index (κ2) is 7.37. The van der Waals surface area contributed by atoms with Crippen molar-refractivity contribution in [1.29, 1.82) is 0 Å². The molecule has 1 fully saturated rings. The van der Waals surface area contributed by atoms with Gasteiger partial charge in [0.25, 0.3) is 0 Å². The van der Waals surface area contributed by atoms with E-state index in [9.17, 15) is 0 Å². The molecule has 0 atom stereocenters. The maximum absolute atomic E-state index is 6.04. The summed E-state index contributed by atoms with van der Waals surface area (Å²) in [6.07, 6.45) is 6.44. The highest BCUT2D eigenvalue weighted by atomic mass is 35.5. The van der Waals surface area contributed by atoms with Crippen LogP contribution < -0.4 is 5.32 Å². The summed E-state index contributed by atoms with van der Waals surface area (Å²) in [6, 6.07) is 7.70. The SMILES string of the molecule is Clc1ccc2c(NCc3cn(CCN4CCCC4)nn3)ccnc2c1. The molecule has 3 heterocycles. The van der Waals surface area contributed by atoms with Crippen LogP contribution in [0.1, 0.15) is 18.5 Å². The topological polar surface area (TPSA) is 58.9 Å². The van der Waals surface area contributed by atoms with Crippen molar-refractivity contribution in [2.75, 3.05) is 25.0 Å². The number of hydrogen-bond acceptors (Lipinski definition) is 5. The van der Waals surface area contributed by atoms with Gasteiger partial charge in [0.1, 0.15) is 5.69 Å². The van der Waals surface area contributed by atoms with Crippen LogP contribution in [0.5, 0.6) is 0 Å². The lowest BCUT2D eigenvalue weighted by molar-refractivity contribution is 0.314. The van der Waals surface area contributed by atoms with Crippen molar-refractivity contribution in [3.8, 4) is 0 Å². The largest absolute Gasteiger partial charge is 0.379 e. The lowest BCUT2D eigenvalue weighted by Crippen LogP contribution is -2.24. The molecule has 0 radical (unpaired) electrons. The first-order chi connectivity index (χ1) is 12.3. The fraction of sp³-hybridized carbons (Fsp3) is 0.389. The molecular formula is C18H21ClN6. The van der Waals surface area contributed by atoms with Gasteiger partial charge in [-0.15, -0.1) is 5.10 Å². The van der Waals surface area contributed by atoms with Crippen LogP contribution in [-0.2, 0) is 13.1 Å². The van der Waals surface area contributed by atoms with Gasteiger partial charge in [-0.2, -0.15) is 0 Å². The number of nitrogens with one attached hydrogen (secondary N) is 1. The van der Waals surface area contributed by atoms with E-state index >= 15 is 0 Å². The zero-order chi connectivity index (χ0) is 17.1. The Morgan fingerprint density at radius 2 is 2.00 bits per heavy atom. The molecule has 25 heavy (non-hydrogen) atoms. The normalized spacial score (nSPS) is 15.1. The van der Waals surface area contributed by atoms with Gasteiger partial charge in [0.15, 0.2) is 0 Å². The lowest BCUT2D eigenvalue weighted by atomic mass is 10.2. The van der Waals surface area contributed by atoms with Crippen molar-refractivity contribution in [1.82, 2.24) is 24.9 Å². The Hall–Kier alpha value is -2.18. The van der Waals surface area contributed by atoms with Gasteiger partial charge in [0.2, 0.25) is 0 Å². The first kappa shape index (κ1) is 16.3. The molecule has 1 aliphatic rings. The highest BCUT2D eigenvalue weighted by molar-refractivity contribution is 6.31.